The van der Waals surface area contributed by atoms with Crippen molar-refractivity contribution < 1.29 is 9.59 Å². The molecule has 0 heterocycles. The number of carbonyl (C=O) groups excluding carboxylic acids is 2. The van der Waals surface area contributed by atoms with Crippen molar-refractivity contribution in [3.05, 3.63) is 0 Å². The Morgan fingerprint density at radius 3 is 2.00 bits per heavy atom. The van der Waals surface area contributed by atoms with Crippen molar-refractivity contribution in [2.45, 2.75) is 46.6 Å². The third-order valence-corrected chi connectivity index (χ3v) is 2.87. The molecule has 0 aromatic carbocycles. The largest absolute Gasteiger partial charge is 0.341 e. The molecule has 0 spiro atoms. The first kappa shape index (κ1) is 14.9. The van der Waals surface area contributed by atoms with E-state index < -0.39 is 0 Å². The maximum atomic E-state index is 12.0. The minimum Gasteiger partial charge on any atom is -0.341 e. The van der Waals surface area contributed by atoms with Crippen LogP contribution < -0.4 is 0 Å². The van der Waals surface area contributed by atoms with E-state index in [1.54, 1.807) is 23.8 Å². The molecule has 4 heteroatoms. The quantitative estimate of drug-likeness (QED) is 0.691. The second kappa shape index (κ2) is 7.25. The zero-order valence-corrected chi connectivity index (χ0v) is 11.1. The van der Waals surface area contributed by atoms with Crippen LogP contribution in [0, 0.1) is 0 Å². The summed E-state index contributed by atoms with van der Waals surface area (Å²) in [7, 11) is 1.70. The van der Waals surface area contributed by atoms with E-state index in [-0.39, 0.29) is 17.9 Å². The number of likely N-dealkylation sites (N-methyl/N-ethyl adjacent to an activating group) is 2. The first-order chi connectivity index (χ1) is 7.49. The van der Waals surface area contributed by atoms with Gasteiger partial charge in [-0.15, -0.1) is 0 Å². The second-order valence-corrected chi connectivity index (χ2v) is 3.94. The average molecular weight is 228 g/mol. The summed E-state index contributed by atoms with van der Waals surface area (Å²) in [6, 6.07) is -0.362. The Morgan fingerprint density at radius 2 is 1.62 bits per heavy atom. The third kappa shape index (κ3) is 3.83. The van der Waals surface area contributed by atoms with E-state index in [9.17, 15) is 9.59 Å². The fourth-order valence-corrected chi connectivity index (χ4v) is 1.57. The molecule has 0 aliphatic carbocycles. The summed E-state index contributed by atoms with van der Waals surface area (Å²) in [6.45, 7) is 9.02. The number of hydrogen-bond donors (Lipinski definition) is 0. The molecule has 0 aromatic heterocycles. The van der Waals surface area contributed by atoms with E-state index in [0.29, 0.717) is 19.5 Å². The normalized spacial score (nSPS) is 12.1. The van der Waals surface area contributed by atoms with Gasteiger partial charge in [-0.2, -0.15) is 0 Å². The van der Waals surface area contributed by atoms with Crippen LogP contribution in [0.2, 0.25) is 0 Å². The van der Waals surface area contributed by atoms with Crippen LogP contribution in [0.25, 0.3) is 0 Å². The SMILES string of the molecule is CCCC(=O)N(C)[C@@H](C)C(=O)N(CC)CC. The number of rotatable bonds is 6. The predicted molar refractivity (Wildman–Crippen MR) is 65.1 cm³/mol. The zero-order chi connectivity index (χ0) is 12.7. The van der Waals surface area contributed by atoms with Crippen molar-refractivity contribution in [3.63, 3.8) is 0 Å². The molecule has 2 amide bonds. The maximum absolute atomic E-state index is 12.0. The average Bonchev–Trinajstić information content (AvgIpc) is 2.28. The molecule has 0 rings (SSSR count). The van der Waals surface area contributed by atoms with Gasteiger partial charge in [0.05, 0.1) is 0 Å². The topological polar surface area (TPSA) is 40.6 Å². The molecule has 16 heavy (non-hydrogen) atoms. The predicted octanol–water partition coefficient (Wildman–Crippen LogP) is 1.50. The second-order valence-electron chi connectivity index (χ2n) is 3.94. The van der Waals surface area contributed by atoms with Gasteiger partial charge >= 0.3 is 0 Å². The molecule has 94 valence electrons. The van der Waals surface area contributed by atoms with Gasteiger partial charge in [0.25, 0.3) is 0 Å². The molecule has 0 saturated heterocycles. The molecule has 0 N–H and O–H groups in total. The smallest absolute Gasteiger partial charge is 0.245 e. The van der Waals surface area contributed by atoms with E-state index in [0.717, 1.165) is 6.42 Å². The molecular formula is C12H24N2O2. The molecule has 0 aliphatic heterocycles. The van der Waals surface area contributed by atoms with Crippen LogP contribution in [0.1, 0.15) is 40.5 Å². The Labute approximate surface area is 98.6 Å². The molecule has 0 fully saturated rings. The minimum absolute atomic E-state index is 0.0250. The maximum Gasteiger partial charge on any atom is 0.245 e. The molecular weight excluding hydrogens is 204 g/mol. The Morgan fingerprint density at radius 1 is 1.12 bits per heavy atom. The van der Waals surface area contributed by atoms with E-state index >= 15 is 0 Å². The van der Waals surface area contributed by atoms with Crippen molar-refractivity contribution in [1.29, 1.82) is 0 Å². The van der Waals surface area contributed by atoms with E-state index in [1.807, 2.05) is 20.8 Å². The summed E-state index contributed by atoms with van der Waals surface area (Å²) in [6.07, 6.45) is 1.32. The minimum atomic E-state index is -0.362. The molecule has 0 aliphatic rings. The molecule has 0 aromatic rings. The summed E-state index contributed by atoms with van der Waals surface area (Å²) >= 11 is 0. The summed E-state index contributed by atoms with van der Waals surface area (Å²) in [5.41, 5.74) is 0. The van der Waals surface area contributed by atoms with Gasteiger partial charge in [0.15, 0.2) is 0 Å². The number of nitrogens with zero attached hydrogens (tertiary/aromatic N) is 2. The number of hydrogen-bond acceptors (Lipinski definition) is 2. The first-order valence-corrected chi connectivity index (χ1v) is 6.03. The summed E-state index contributed by atoms with van der Waals surface area (Å²) < 4.78 is 0. The highest BCUT2D eigenvalue weighted by Crippen LogP contribution is 2.05. The van der Waals surface area contributed by atoms with Gasteiger partial charge in [-0.1, -0.05) is 6.92 Å². The van der Waals surface area contributed by atoms with Crippen molar-refractivity contribution >= 4 is 11.8 Å². The van der Waals surface area contributed by atoms with Crippen LogP contribution in [-0.4, -0.2) is 47.8 Å². The highest BCUT2D eigenvalue weighted by atomic mass is 16.2. The molecule has 0 unspecified atom stereocenters. The molecule has 1 atom stereocenters. The highest BCUT2D eigenvalue weighted by molar-refractivity contribution is 5.87. The zero-order valence-electron chi connectivity index (χ0n) is 11.1. The molecule has 0 radical (unpaired) electrons. The Hall–Kier alpha value is -1.06. The summed E-state index contributed by atoms with van der Waals surface area (Å²) in [5.74, 6) is 0.0625. The van der Waals surface area contributed by atoms with Crippen molar-refractivity contribution in [2.75, 3.05) is 20.1 Å². The molecule has 4 nitrogen and oxygen atoms in total. The van der Waals surface area contributed by atoms with Crippen LogP contribution in [0.5, 0.6) is 0 Å². The van der Waals surface area contributed by atoms with Crippen molar-refractivity contribution in [3.8, 4) is 0 Å². The van der Waals surface area contributed by atoms with Crippen molar-refractivity contribution in [1.82, 2.24) is 9.80 Å². The molecule has 0 bridgehead atoms. The van der Waals surface area contributed by atoms with Gasteiger partial charge < -0.3 is 9.80 Å². The van der Waals surface area contributed by atoms with Crippen molar-refractivity contribution in [2.24, 2.45) is 0 Å². The van der Waals surface area contributed by atoms with Gasteiger partial charge in [0, 0.05) is 26.6 Å². The van der Waals surface area contributed by atoms with Gasteiger partial charge in [-0.05, 0) is 27.2 Å². The summed E-state index contributed by atoms with van der Waals surface area (Å²) in [4.78, 5) is 26.9. The van der Waals surface area contributed by atoms with Crippen LogP contribution in [0.15, 0.2) is 0 Å². The standard InChI is InChI=1S/C12H24N2O2/c1-6-9-11(15)13(5)10(4)12(16)14(7-2)8-3/h10H,6-9H2,1-5H3/t10-/m0/s1. The fourth-order valence-electron chi connectivity index (χ4n) is 1.57. The first-order valence-electron chi connectivity index (χ1n) is 6.03. The number of amides is 2. The Bertz CT molecular complexity index is 237. The lowest BCUT2D eigenvalue weighted by Gasteiger charge is -2.29. The van der Waals surface area contributed by atoms with E-state index in [4.69, 9.17) is 0 Å². The third-order valence-electron chi connectivity index (χ3n) is 2.87. The Kier molecular flexibility index (Phi) is 6.77. The van der Waals surface area contributed by atoms with Crippen LogP contribution in [0.4, 0.5) is 0 Å². The van der Waals surface area contributed by atoms with Crippen LogP contribution >= 0.6 is 0 Å². The monoisotopic (exact) mass is 228 g/mol. The van der Waals surface area contributed by atoms with Gasteiger partial charge in [0.2, 0.25) is 11.8 Å². The van der Waals surface area contributed by atoms with Gasteiger partial charge in [0.1, 0.15) is 6.04 Å². The van der Waals surface area contributed by atoms with Crippen LogP contribution in [-0.2, 0) is 9.59 Å². The molecule has 0 saturated carbocycles. The number of carbonyl (C=O) groups is 2. The van der Waals surface area contributed by atoms with E-state index in [2.05, 4.69) is 0 Å². The Balaban J connectivity index is 4.47. The lowest BCUT2D eigenvalue weighted by Crippen LogP contribution is -2.47. The lowest BCUT2D eigenvalue weighted by molar-refractivity contribution is -0.143. The van der Waals surface area contributed by atoms with Gasteiger partial charge in [-0.3, -0.25) is 9.59 Å². The van der Waals surface area contributed by atoms with Crippen LogP contribution in [0.3, 0.4) is 0 Å². The lowest BCUT2D eigenvalue weighted by atomic mass is 10.2. The fraction of sp³-hybridized carbons (Fsp3) is 0.833. The van der Waals surface area contributed by atoms with E-state index in [1.165, 1.54) is 0 Å². The van der Waals surface area contributed by atoms with Gasteiger partial charge in [-0.25, -0.2) is 0 Å². The summed E-state index contributed by atoms with van der Waals surface area (Å²) in [5, 5.41) is 0. The highest BCUT2D eigenvalue weighted by Gasteiger charge is 2.24.